The van der Waals surface area contributed by atoms with Gasteiger partial charge in [-0.25, -0.2) is 9.78 Å². The Kier molecular flexibility index (Phi) is 7.32. The van der Waals surface area contributed by atoms with Crippen LogP contribution in [0.5, 0.6) is 0 Å². The number of methoxy groups -OCH3 is 1. The van der Waals surface area contributed by atoms with Crippen molar-refractivity contribution in [3.8, 4) is 0 Å². The molecule has 0 saturated carbocycles. The molecule has 106 valence electrons. The normalized spacial score (nSPS) is 10.1. The number of nitrogens with one attached hydrogen (secondary N) is 3. The van der Waals surface area contributed by atoms with Gasteiger partial charge < -0.3 is 20.7 Å². The molecule has 1 aromatic heterocycles. The molecule has 6 nitrogen and oxygen atoms in total. The lowest BCUT2D eigenvalue weighted by atomic mass is 10.4. The Morgan fingerprint density at radius 2 is 2.05 bits per heavy atom. The summed E-state index contributed by atoms with van der Waals surface area (Å²) in [4.78, 5) is 15.3. The monoisotopic (exact) mass is 306 g/mol. The maximum absolute atomic E-state index is 11.3. The molecule has 0 fully saturated rings. The topological polar surface area (TPSA) is 75.3 Å². The maximum atomic E-state index is 11.3. The van der Waals surface area contributed by atoms with Crippen LogP contribution in [0.1, 0.15) is 0 Å². The zero-order valence-electron chi connectivity index (χ0n) is 10.5. The predicted molar refractivity (Wildman–Crippen MR) is 76.0 cm³/mol. The number of urea groups is 1. The van der Waals surface area contributed by atoms with Crippen LogP contribution < -0.4 is 16.0 Å². The van der Waals surface area contributed by atoms with Crippen LogP contribution in [-0.2, 0) is 4.74 Å². The van der Waals surface area contributed by atoms with Crippen molar-refractivity contribution in [2.75, 3.05) is 38.7 Å². The van der Waals surface area contributed by atoms with E-state index in [1.165, 1.54) is 6.20 Å². The highest BCUT2D eigenvalue weighted by Gasteiger charge is 2.02. The van der Waals surface area contributed by atoms with Crippen molar-refractivity contribution in [3.63, 3.8) is 0 Å². The van der Waals surface area contributed by atoms with Gasteiger partial charge in [-0.1, -0.05) is 23.2 Å². The highest BCUT2D eigenvalue weighted by Crippen LogP contribution is 2.21. The van der Waals surface area contributed by atoms with Crippen LogP contribution in [0, 0.1) is 0 Å². The van der Waals surface area contributed by atoms with Gasteiger partial charge in [-0.2, -0.15) is 0 Å². The first-order valence-electron chi connectivity index (χ1n) is 5.69. The number of rotatable bonds is 7. The molecule has 0 atom stereocenters. The molecule has 1 heterocycles. The fourth-order valence-corrected chi connectivity index (χ4v) is 1.68. The smallest absolute Gasteiger partial charge is 0.314 e. The standard InChI is InChI=1S/C11H16Cl2N4O2/c1-19-5-4-16-11(18)15-3-2-14-10-9(13)6-8(12)7-17-10/h6-7H,2-5H2,1H3,(H,14,17)(H2,15,16,18). The van der Waals surface area contributed by atoms with Crippen LogP contribution in [0.4, 0.5) is 10.6 Å². The Labute approximate surface area is 121 Å². The van der Waals surface area contributed by atoms with Crippen LogP contribution in [0.15, 0.2) is 12.3 Å². The van der Waals surface area contributed by atoms with Gasteiger partial charge in [0, 0.05) is 32.9 Å². The highest BCUT2D eigenvalue weighted by atomic mass is 35.5. The van der Waals surface area contributed by atoms with Gasteiger partial charge in [0.05, 0.1) is 16.7 Å². The molecule has 19 heavy (non-hydrogen) atoms. The second kappa shape index (κ2) is 8.79. The number of ether oxygens (including phenoxy) is 1. The molecule has 0 aromatic carbocycles. The summed E-state index contributed by atoms with van der Waals surface area (Å²) in [6.07, 6.45) is 1.50. The second-order valence-corrected chi connectivity index (χ2v) is 4.43. The molecule has 0 bridgehead atoms. The number of aromatic nitrogens is 1. The van der Waals surface area contributed by atoms with E-state index in [-0.39, 0.29) is 6.03 Å². The number of halogens is 2. The van der Waals surface area contributed by atoms with Crippen LogP contribution in [0.25, 0.3) is 0 Å². The first kappa shape index (κ1) is 15.8. The third-order valence-corrected chi connectivity index (χ3v) is 2.60. The molecule has 1 aromatic rings. The first-order valence-corrected chi connectivity index (χ1v) is 6.44. The number of nitrogens with zero attached hydrogens (tertiary/aromatic N) is 1. The molecule has 0 spiro atoms. The summed E-state index contributed by atoms with van der Waals surface area (Å²) >= 11 is 11.7. The SMILES string of the molecule is COCCNC(=O)NCCNc1ncc(Cl)cc1Cl. The van der Waals surface area contributed by atoms with Crippen molar-refractivity contribution in [1.29, 1.82) is 0 Å². The fourth-order valence-electron chi connectivity index (χ4n) is 1.23. The Morgan fingerprint density at radius 1 is 1.32 bits per heavy atom. The summed E-state index contributed by atoms with van der Waals surface area (Å²) in [6, 6.07) is 1.36. The van der Waals surface area contributed by atoms with Crippen molar-refractivity contribution in [2.24, 2.45) is 0 Å². The fraction of sp³-hybridized carbons (Fsp3) is 0.455. The van der Waals surface area contributed by atoms with E-state index in [0.717, 1.165) is 0 Å². The molecule has 2 amide bonds. The number of pyridine rings is 1. The maximum Gasteiger partial charge on any atom is 0.314 e. The molecule has 0 aliphatic carbocycles. The summed E-state index contributed by atoms with van der Waals surface area (Å²) in [5, 5.41) is 9.23. The molecule has 0 radical (unpaired) electrons. The van der Waals surface area contributed by atoms with Gasteiger partial charge in [0.25, 0.3) is 0 Å². The molecule has 0 aliphatic rings. The van der Waals surface area contributed by atoms with Gasteiger partial charge in [0.1, 0.15) is 5.82 Å². The largest absolute Gasteiger partial charge is 0.383 e. The van der Waals surface area contributed by atoms with Crippen LogP contribution in [0.2, 0.25) is 10.0 Å². The van der Waals surface area contributed by atoms with Gasteiger partial charge in [-0.05, 0) is 6.07 Å². The number of carbonyl (C=O) groups excluding carboxylic acids is 1. The second-order valence-electron chi connectivity index (χ2n) is 3.59. The lowest BCUT2D eigenvalue weighted by Crippen LogP contribution is -2.39. The van der Waals surface area contributed by atoms with Gasteiger partial charge in [0.2, 0.25) is 0 Å². The third kappa shape index (κ3) is 6.47. The summed E-state index contributed by atoms with van der Waals surface area (Å²) < 4.78 is 4.81. The average molecular weight is 307 g/mol. The van der Waals surface area contributed by atoms with Crippen LogP contribution in [-0.4, -0.2) is 44.4 Å². The average Bonchev–Trinajstić information content (AvgIpc) is 2.37. The minimum absolute atomic E-state index is 0.242. The minimum Gasteiger partial charge on any atom is -0.383 e. The van der Waals surface area contributed by atoms with E-state index in [1.54, 1.807) is 13.2 Å². The zero-order valence-corrected chi connectivity index (χ0v) is 12.0. The zero-order chi connectivity index (χ0) is 14.1. The van der Waals surface area contributed by atoms with Gasteiger partial charge in [-0.3, -0.25) is 0 Å². The van der Waals surface area contributed by atoms with Crippen molar-refractivity contribution in [3.05, 3.63) is 22.3 Å². The van der Waals surface area contributed by atoms with E-state index in [2.05, 4.69) is 20.9 Å². The van der Waals surface area contributed by atoms with Gasteiger partial charge in [-0.15, -0.1) is 0 Å². The van der Waals surface area contributed by atoms with Gasteiger partial charge >= 0.3 is 6.03 Å². The van der Waals surface area contributed by atoms with Gasteiger partial charge in [0.15, 0.2) is 0 Å². The van der Waals surface area contributed by atoms with Crippen LogP contribution >= 0.6 is 23.2 Å². The molecule has 0 unspecified atom stereocenters. The Morgan fingerprint density at radius 3 is 2.74 bits per heavy atom. The molecule has 3 N–H and O–H groups in total. The highest BCUT2D eigenvalue weighted by molar-refractivity contribution is 6.35. The van der Waals surface area contributed by atoms with E-state index in [4.69, 9.17) is 27.9 Å². The Balaban J connectivity index is 2.18. The number of carbonyl (C=O) groups is 1. The first-order chi connectivity index (χ1) is 9.13. The van der Waals surface area contributed by atoms with Crippen LogP contribution in [0.3, 0.4) is 0 Å². The summed E-state index contributed by atoms with van der Waals surface area (Å²) in [5.41, 5.74) is 0. The Bertz CT molecular complexity index is 418. The van der Waals surface area contributed by atoms with Crippen molar-refractivity contribution in [1.82, 2.24) is 15.6 Å². The number of anilines is 1. The number of amides is 2. The molecule has 0 aliphatic heterocycles. The van der Waals surface area contributed by atoms with E-state index >= 15 is 0 Å². The summed E-state index contributed by atoms with van der Waals surface area (Å²) in [6.45, 7) is 1.90. The lowest BCUT2D eigenvalue weighted by Gasteiger charge is -2.09. The molecule has 1 rings (SSSR count). The van der Waals surface area contributed by atoms with E-state index < -0.39 is 0 Å². The van der Waals surface area contributed by atoms with E-state index in [1.807, 2.05) is 0 Å². The minimum atomic E-state index is -0.242. The van der Waals surface area contributed by atoms with E-state index in [9.17, 15) is 4.79 Å². The Hall–Kier alpha value is -1.24. The predicted octanol–water partition coefficient (Wildman–Crippen LogP) is 1.75. The molecule has 8 heteroatoms. The van der Waals surface area contributed by atoms with Crippen molar-refractivity contribution < 1.29 is 9.53 Å². The number of hydrogen-bond donors (Lipinski definition) is 3. The number of hydrogen-bond acceptors (Lipinski definition) is 4. The third-order valence-electron chi connectivity index (χ3n) is 2.10. The van der Waals surface area contributed by atoms with E-state index in [0.29, 0.717) is 42.1 Å². The van der Waals surface area contributed by atoms with Crippen molar-refractivity contribution in [2.45, 2.75) is 0 Å². The summed E-state index contributed by atoms with van der Waals surface area (Å²) in [7, 11) is 1.58. The lowest BCUT2D eigenvalue weighted by molar-refractivity contribution is 0.196. The molecular weight excluding hydrogens is 291 g/mol. The summed E-state index contributed by atoms with van der Waals surface area (Å²) in [5.74, 6) is 0.535. The molecule has 0 saturated heterocycles. The molecular formula is C11H16Cl2N4O2. The quantitative estimate of drug-likeness (QED) is 0.671. The van der Waals surface area contributed by atoms with Crippen molar-refractivity contribution >= 4 is 35.1 Å².